The van der Waals surface area contributed by atoms with E-state index in [1.165, 1.54) is 12.1 Å². The number of carbonyl (C=O) groups is 2. The number of phenols is 2. The number of fused-ring (bicyclic) bond motifs is 2. The number of ketones is 2. The van der Waals surface area contributed by atoms with Crippen molar-refractivity contribution in [2.75, 3.05) is 5.32 Å². The zero-order valence-electron chi connectivity index (χ0n) is 14.2. The SMILES string of the molecule is O=C1c2ccc(O)cc2C(=O)c2c1cc(O)c(Nc1ccccc1)c2[N+](=O)[O-]. The van der Waals surface area contributed by atoms with Gasteiger partial charge in [-0.3, -0.25) is 19.7 Å². The van der Waals surface area contributed by atoms with Crippen LogP contribution in [-0.2, 0) is 0 Å². The fourth-order valence-electron chi connectivity index (χ4n) is 3.23. The maximum absolute atomic E-state index is 13.0. The highest BCUT2D eigenvalue weighted by Gasteiger charge is 2.39. The van der Waals surface area contributed by atoms with Gasteiger partial charge in [-0.25, -0.2) is 0 Å². The van der Waals surface area contributed by atoms with Crippen molar-refractivity contribution in [2.45, 2.75) is 0 Å². The number of carbonyl (C=O) groups excluding carboxylic acids is 2. The first kappa shape index (κ1) is 17.2. The van der Waals surface area contributed by atoms with E-state index in [-0.39, 0.29) is 28.1 Å². The smallest absolute Gasteiger partial charge is 0.308 e. The molecule has 0 unspecified atom stereocenters. The molecule has 3 N–H and O–H groups in total. The van der Waals surface area contributed by atoms with E-state index in [2.05, 4.69) is 5.32 Å². The van der Waals surface area contributed by atoms with Crippen LogP contribution >= 0.6 is 0 Å². The third-order valence-corrected chi connectivity index (χ3v) is 4.47. The van der Waals surface area contributed by atoms with E-state index in [0.717, 1.165) is 12.1 Å². The summed E-state index contributed by atoms with van der Waals surface area (Å²) in [6, 6.07) is 13.0. The van der Waals surface area contributed by atoms with Crippen molar-refractivity contribution >= 4 is 28.6 Å². The fraction of sp³-hybridized carbons (Fsp3) is 0. The van der Waals surface area contributed by atoms with Gasteiger partial charge < -0.3 is 15.5 Å². The lowest BCUT2D eigenvalue weighted by atomic mass is 9.82. The lowest BCUT2D eigenvalue weighted by Gasteiger charge is -2.20. The number of aromatic hydroxyl groups is 2. The highest BCUT2D eigenvalue weighted by Crippen LogP contribution is 2.44. The van der Waals surface area contributed by atoms with Crippen LogP contribution in [0.4, 0.5) is 17.1 Å². The molecule has 138 valence electrons. The molecule has 4 rings (SSSR count). The van der Waals surface area contributed by atoms with Gasteiger partial charge in [0.25, 0.3) is 0 Å². The second kappa shape index (κ2) is 6.20. The van der Waals surface area contributed by atoms with Gasteiger partial charge >= 0.3 is 5.69 Å². The van der Waals surface area contributed by atoms with Gasteiger partial charge in [-0.1, -0.05) is 18.2 Å². The van der Waals surface area contributed by atoms with E-state index in [9.17, 15) is 29.9 Å². The Balaban J connectivity index is 1.99. The van der Waals surface area contributed by atoms with Gasteiger partial charge in [-0.2, -0.15) is 0 Å². The maximum Gasteiger partial charge on any atom is 0.308 e. The van der Waals surface area contributed by atoms with Crippen LogP contribution < -0.4 is 5.32 Å². The number of nitrogens with zero attached hydrogens (tertiary/aromatic N) is 1. The van der Waals surface area contributed by atoms with Gasteiger partial charge in [0.1, 0.15) is 17.1 Å². The molecule has 0 saturated heterocycles. The molecule has 1 aliphatic carbocycles. The molecule has 0 heterocycles. The Kier molecular flexibility index (Phi) is 3.82. The van der Waals surface area contributed by atoms with Crippen LogP contribution in [0.1, 0.15) is 31.8 Å². The summed E-state index contributed by atoms with van der Waals surface area (Å²) < 4.78 is 0. The van der Waals surface area contributed by atoms with Crippen LogP contribution in [0.5, 0.6) is 11.5 Å². The number of rotatable bonds is 3. The summed E-state index contributed by atoms with van der Waals surface area (Å²) in [7, 11) is 0. The minimum Gasteiger partial charge on any atom is -0.508 e. The molecular formula is C20H12N2O6. The number of benzene rings is 3. The van der Waals surface area contributed by atoms with E-state index in [1.54, 1.807) is 30.3 Å². The lowest BCUT2D eigenvalue weighted by molar-refractivity contribution is -0.384. The molecule has 0 aromatic heterocycles. The zero-order chi connectivity index (χ0) is 20.0. The van der Waals surface area contributed by atoms with Gasteiger partial charge in [-0.15, -0.1) is 0 Å². The Morgan fingerprint density at radius 1 is 0.857 bits per heavy atom. The van der Waals surface area contributed by atoms with E-state index in [4.69, 9.17) is 0 Å². The molecule has 0 aliphatic heterocycles. The van der Waals surface area contributed by atoms with Crippen molar-refractivity contribution in [1.82, 2.24) is 0 Å². The third-order valence-electron chi connectivity index (χ3n) is 4.47. The summed E-state index contributed by atoms with van der Waals surface area (Å²) >= 11 is 0. The predicted molar refractivity (Wildman–Crippen MR) is 99.5 cm³/mol. The third kappa shape index (κ3) is 2.55. The monoisotopic (exact) mass is 376 g/mol. The van der Waals surface area contributed by atoms with Crippen LogP contribution in [-0.4, -0.2) is 26.7 Å². The summed E-state index contributed by atoms with van der Waals surface area (Å²) in [5.41, 5.74) is -1.35. The van der Waals surface area contributed by atoms with Crippen LogP contribution in [0.3, 0.4) is 0 Å². The van der Waals surface area contributed by atoms with Crippen molar-refractivity contribution in [3.63, 3.8) is 0 Å². The number of nitro benzene ring substituents is 1. The van der Waals surface area contributed by atoms with Gasteiger partial charge in [-0.05, 0) is 36.4 Å². The molecule has 0 bridgehead atoms. The summed E-state index contributed by atoms with van der Waals surface area (Å²) in [5, 5.41) is 34.6. The molecule has 0 saturated carbocycles. The molecule has 8 nitrogen and oxygen atoms in total. The van der Waals surface area contributed by atoms with E-state index in [1.807, 2.05) is 0 Å². The van der Waals surface area contributed by atoms with Crippen LogP contribution in [0, 0.1) is 10.1 Å². The number of hydrogen-bond donors (Lipinski definition) is 3. The second-order valence-corrected chi connectivity index (χ2v) is 6.18. The second-order valence-electron chi connectivity index (χ2n) is 6.18. The molecular weight excluding hydrogens is 364 g/mol. The van der Waals surface area contributed by atoms with E-state index < -0.39 is 33.5 Å². The van der Waals surface area contributed by atoms with E-state index in [0.29, 0.717) is 5.69 Å². The van der Waals surface area contributed by atoms with E-state index >= 15 is 0 Å². The zero-order valence-corrected chi connectivity index (χ0v) is 14.2. The van der Waals surface area contributed by atoms with Crippen molar-refractivity contribution < 1.29 is 24.7 Å². The topological polar surface area (TPSA) is 130 Å². The van der Waals surface area contributed by atoms with Crippen LogP contribution in [0.15, 0.2) is 54.6 Å². The van der Waals surface area contributed by atoms with Gasteiger partial charge in [0.15, 0.2) is 11.5 Å². The summed E-state index contributed by atoms with van der Waals surface area (Å²) in [5.74, 6) is -2.19. The van der Waals surface area contributed by atoms with Crippen molar-refractivity contribution in [2.24, 2.45) is 0 Å². The number of nitrogens with one attached hydrogen (secondary N) is 1. The Bertz CT molecular complexity index is 1170. The minimum atomic E-state index is -0.817. The number of nitro groups is 1. The normalized spacial score (nSPS) is 12.3. The standard InChI is InChI=1S/C20H12N2O6/c23-11-6-7-12-13(8-11)20(26)16-14(19(12)25)9-15(24)17(18(16)22(27)28)21-10-4-2-1-3-5-10/h1-9,21,23-24H. The van der Waals surface area contributed by atoms with Gasteiger partial charge in [0.05, 0.1) is 4.92 Å². The average molecular weight is 376 g/mol. The Morgan fingerprint density at radius 2 is 1.57 bits per heavy atom. The van der Waals surface area contributed by atoms with Crippen LogP contribution in [0.25, 0.3) is 0 Å². The molecule has 0 radical (unpaired) electrons. The number of para-hydroxylation sites is 1. The molecule has 3 aromatic carbocycles. The predicted octanol–water partition coefficient (Wildman–Crippen LogP) is 3.53. The van der Waals surface area contributed by atoms with Crippen molar-refractivity contribution in [1.29, 1.82) is 0 Å². The average Bonchev–Trinajstić information content (AvgIpc) is 2.67. The summed E-state index contributed by atoms with van der Waals surface area (Å²) in [6.07, 6.45) is 0. The number of anilines is 2. The molecule has 8 heteroatoms. The number of phenolic OH excluding ortho intramolecular Hbond substituents is 2. The molecule has 0 spiro atoms. The molecule has 0 atom stereocenters. The highest BCUT2D eigenvalue weighted by molar-refractivity contribution is 6.30. The van der Waals surface area contributed by atoms with Gasteiger partial charge in [0.2, 0.25) is 5.78 Å². The first-order valence-corrected chi connectivity index (χ1v) is 8.17. The summed E-state index contributed by atoms with van der Waals surface area (Å²) in [6.45, 7) is 0. The fourth-order valence-corrected chi connectivity index (χ4v) is 3.23. The maximum atomic E-state index is 13.0. The first-order chi connectivity index (χ1) is 13.4. The highest BCUT2D eigenvalue weighted by atomic mass is 16.6. The molecule has 1 aliphatic rings. The van der Waals surface area contributed by atoms with Crippen LogP contribution in [0.2, 0.25) is 0 Å². The minimum absolute atomic E-state index is 0.00719. The Hall–Kier alpha value is -4.20. The molecule has 0 fully saturated rings. The molecule has 0 amide bonds. The Morgan fingerprint density at radius 3 is 2.25 bits per heavy atom. The Labute approximate surface area is 157 Å². The largest absolute Gasteiger partial charge is 0.508 e. The van der Waals surface area contributed by atoms with Crippen molar-refractivity contribution in [3.8, 4) is 11.5 Å². The lowest BCUT2D eigenvalue weighted by Crippen LogP contribution is -2.22. The molecule has 28 heavy (non-hydrogen) atoms. The summed E-state index contributed by atoms with van der Waals surface area (Å²) in [4.78, 5) is 36.7. The van der Waals surface area contributed by atoms with Crippen molar-refractivity contribution in [3.05, 3.63) is 87.0 Å². The number of hydrogen-bond acceptors (Lipinski definition) is 7. The molecule has 3 aromatic rings. The first-order valence-electron chi connectivity index (χ1n) is 8.17. The van der Waals surface area contributed by atoms with Gasteiger partial charge in [0, 0.05) is 22.4 Å². The quantitative estimate of drug-likeness (QED) is 0.283.